The highest BCUT2D eigenvalue weighted by Crippen LogP contribution is 2.28. The van der Waals surface area contributed by atoms with Crippen LogP contribution in [0.5, 0.6) is 0 Å². The minimum atomic E-state index is -0.344. The predicted molar refractivity (Wildman–Crippen MR) is 97.0 cm³/mol. The van der Waals surface area contributed by atoms with Crippen molar-refractivity contribution in [3.8, 4) is 0 Å². The van der Waals surface area contributed by atoms with Gasteiger partial charge in [-0.3, -0.25) is 9.89 Å². The molecule has 1 heterocycles. The number of nitrogens with zero attached hydrogens (tertiary/aromatic N) is 2. The lowest BCUT2D eigenvalue weighted by Gasteiger charge is -2.10. The molecule has 3 rings (SSSR count). The highest BCUT2D eigenvalue weighted by molar-refractivity contribution is 8.00. The molecule has 25 heavy (non-hydrogen) atoms. The minimum absolute atomic E-state index is 0.158. The molecule has 1 atom stereocenters. The largest absolute Gasteiger partial charge is 0.325 e. The van der Waals surface area contributed by atoms with E-state index < -0.39 is 0 Å². The third-order valence-corrected chi connectivity index (χ3v) is 5.50. The topological polar surface area (TPSA) is 70.7 Å². The van der Waals surface area contributed by atoms with Crippen LogP contribution in [0.1, 0.15) is 44.9 Å². The third kappa shape index (κ3) is 5.29. The molecule has 0 bridgehead atoms. The quantitative estimate of drug-likeness (QED) is 0.725. The fourth-order valence-electron chi connectivity index (χ4n) is 3.07. The number of rotatable bonds is 7. The van der Waals surface area contributed by atoms with Gasteiger partial charge in [0.15, 0.2) is 0 Å². The zero-order chi connectivity index (χ0) is 17.6. The minimum Gasteiger partial charge on any atom is -0.325 e. The summed E-state index contributed by atoms with van der Waals surface area (Å²) in [7, 11) is 0. The SMILES string of the molecule is CC(Sc1n[nH]c(CCC2CCCC2)n1)C(=O)Nc1ccc(F)cc1. The lowest BCUT2D eigenvalue weighted by molar-refractivity contribution is -0.115. The van der Waals surface area contributed by atoms with Crippen molar-refractivity contribution in [2.24, 2.45) is 5.92 Å². The summed E-state index contributed by atoms with van der Waals surface area (Å²) in [6, 6.07) is 5.72. The van der Waals surface area contributed by atoms with Crippen molar-refractivity contribution >= 4 is 23.4 Å². The van der Waals surface area contributed by atoms with Crippen LogP contribution in [0.2, 0.25) is 0 Å². The Bertz CT molecular complexity index is 697. The standard InChI is InChI=1S/C18H23FN4OS/c1-12(17(24)20-15-9-7-14(19)8-10-15)25-18-21-16(22-23-18)11-6-13-4-2-3-5-13/h7-10,12-13H,2-6,11H2,1H3,(H,20,24)(H,21,22,23). The van der Waals surface area contributed by atoms with E-state index in [4.69, 9.17) is 0 Å². The maximum absolute atomic E-state index is 12.9. The third-order valence-electron chi connectivity index (χ3n) is 4.54. The van der Waals surface area contributed by atoms with E-state index >= 15 is 0 Å². The number of halogens is 1. The highest BCUT2D eigenvalue weighted by Gasteiger charge is 2.19. The Kier molecular flexibility index (Phi) is 6.07. The first-order chi connectivity index (χ1) is 12.1. The Morgan fingerprint density at radius 3 is 2.80 bits per heavy atom. The van der Waals surface area contributed by atoms with Crippen molar-refractivity contribution in [1.82, 2.24) is 15.2 Å². The highest BCUT2D eigenvalue weighted by atomic mass is 32.2. The van der Waals surface area contributed by atoms with Gasteiger partial charge >= 0.3 is 0 Å². The van der Waals surface area contributed by atoms with Crippen LogP contribution in [0.15, 0.2) is 29.4 Å². The Hall–Kier alpha value is -1.89. The Morgan fingerprint density at radius 2 is 2.08 bits per heavy atom. The van der Waals surface area contributed by atoms with Crippen LogP contribution < -0.4 is 5.32 Å². The van der Waals surface area contributed by atoms with E-state index in [9.17, 15) is 9.18 Å². The van der Waals surface area contributed by atoms with E-state index in [0.717, 1.165) is 24.6 Å². The molecule has 7 heteroatoms. The second-order valence-electron chi connectivity index (χ2n) is 6.51. The van der Waals surface area contributed by atoms with Gasteiger partial charge in [-0.1, -0.05) is 37.4 Å². The molecule has 1 aromatic heterocycles. The van der Waals surface area contributed by atoms with Gasteiger partial charge in [0.25, 0.3) is 0 Å². The zero-order valence-corrected chi connectivity index (χ0v) is 15.1. The summed E-state index contributed by atoms with van der Waals surface area (Å²) in [6.45, 7) is 1.80. The Morgan fingerprint density at radius 1 is 1.36 bits per heavy atom. The molecule has 2 aromatic rings. The molecule has 1 saturated carbocycles. The van der Waals surface area contributed by atoms with Gasteiger partial charge in [0, 0.05) is 12.1 Å². The van der Waals surface area contributed by atoms with E-state index in [2.05, 4.69) is 20.5 Å². The first kappa shape index (κ1) is 17.9. The summed E-state index contributed by atoms with van der Waals surface area (Å²) < 4.78 is 12.9. The molecule has 0 saturated heterocycles. The molecule has 1 fully saturated rings. The second-order valence-corrected chi connectivity index (χ2v) is 7.82. The fraction of sp³-hybridized carbons (Fsp3) is 0.500. The van der Waals surface area contributed by atoms with Crippen LogP contribution in [0.3, 0.4) is 0 Å². The number of benzene rings is 1. The molecule has 0 radical (unpaired) electrons. The average molecular weight is 362 g/mol. The second kappa shape index (κ2) is 8.47. The monoisotopic (exact) mass is 362 g/mol. The molecular weight excluding hydrogens is 339 g/mol. The molecule has 1 aliphatic rings. The number of aromatic amines is 1. The molecule has 1 unspecified atom stereocenters. The van der Waals surface area contributed by atoms with E-state index in [1.807, 2.05) is 0 Å². The summed E-state index contributed by atoms with van der Waals surface area (Å²) in [4.78, 5) is 16.7. The summed E-state index contributed by atoms with van der Waals surface area (Å²) in [5.74, 6) is 1.22. The van der Waals surface area contributed by atoms with Gasteiger partial charge in [0.1, 0.15) is 11.6 Å². The Balaban J connectivity index is 1.47. The molecular formula is C18H23FN4OS. The van der Waals surface area contributed by atoms with Gasteiger partial charge in [0.2, 0.25) is 11.1 Å². The van der Waals surface area contributed by atoms with Crippen molar-refractivity contribution in [2.75, 3.05) is 5.32 Å². The van der Waals surface area contributed by atoms with Gasteiger partial charge in [-0.2, -0.15) is 0 Å². The average Bonchev–Trinajstić information content (AvgIpc) is 3.26. The molecule has 1 aromatic carbocycles. The maximum atomic E-state index is 12.9. The molecule has 0 aliphatic heterocycles. The van der Waals surface area contributed by atoms with Crippen molar-refractivity contribution in [2.45, 2.75) is 55.9 Å². The molecule has 1 amide bonds. The van der Waals surface area contributed by atoms with Gasteiger partial charge in [-0.15, -0.1) is 5.10 Å². The predicted octanol–water partition coefficient (Wildman–Crippen LogP) is 4.19. The van der Waals surface area contributed by atoms with E-state index in [0.29, 0.717) is 10.8 Å². The van der Waals surface area contributed by atoms with Crippen LogP contribution >= 0.6 is 11.8 Å². The number of hydrogen-bond acceptors (Lipinski definition) is 4. The van der Waals surface area contributed by atoms with Gasteiger partial charge in [-0.05, 0) is 43.5 Å². The van der Waals surface area contributed by atoms with Gasteiger partial charge < -0.3 is 5.32 Å². The number of H-pyrrole nitrogens is 1. The van der Waals surface area contributed by atoms with Crippen molar-refractivity contribution in [3.63, 3.8) is 0 Å². The van der Waals surface area contributed by atoms with Crippen molar-refractivity contribution in [1.29, 1.82) is 0 Å². The number of aryl methyl sites for hydroxylation is 1. The van der Waals surface area contributed by atoms with Crippen LogP contribution in [0, 0.1) is 11.7 Å². The lowest BCUT2D eigenvalue weighted by atomic mass is 10.0. The maximum Gasteiger partial charge on any atom is 0.237 e. The number of carbonyl (C=O) groups excluding carboxylic acids is 1. The summed E-state index contributed by atoms with van der Waals surface area (Å²) >= 11 is 1.31. The molecule has 134 valence electrons. The molecule has 5 nitrogen and oxygen atoms in total. The normalized spacial score (nSPS) is 16.1. The van der Waals surface area contributed by atoms with Crippen LogP contribution in [0.25, 0.3) is 0 Å². The fourth-order valence-corrected chi connectivity index (χ4v) is 3.81. The summed E-state index contributed by atoms with van der Waals surface area (Å²) in [5.41, 5.74) is 0.575. The van der Waals surface area contributed by atoms with Crippen LogP contribution in [0.4, 0.5) is 10.1 Å². The van der Waals surface area contributed by atoms with Crippen LogP contribution in [-0.2, 0) is 11.2 Å². The van der Waals surface area contributed by atoms with E-state index in [1.54, 1.807) is 19.1 Å². The van der Waals surface area contributed by atoms with Gasteiger partial charge in [0.05, 0.1) is 5.25 Å². The van der Waals surface area contributed by atoms with Crippen LogP contribution in [-0.4, -0.2) is 26.3 Å². The smallest absolute Gasteiger partial charge is 0.237 e. The van der Waals surface area contributed by atoms with Crippen molar-refractivity contribution in [3.05, 3.63) is 35.9 Å². The number of aromatic nitrogens is 3. The van der Waals surface area contributed by atoms with Gasteiger partial charge in [-0.25, -0.2) is 9.37 Å². The number of carbonyl (C=O) groups is 1. The summed E-state index contributed by atoms with van der Waals surface area (Å²) in [6.07, 6.45) is 7.42. The Labute approximate surface area is 151 Å². The number of hydrogen-bond donors (Lipinski definition) is 2. The first-order valence-electron chi connectivity index (χ1n) is 8.74. The number of thioether (sulfide) groups is 1. The number of amides is 1. The molecule has 2 N–H and O–H groups in total. The molecule has 0 spiro atoms. The first-order valence-corrected chi connectivity index (χ1v) is 9.62. The zero-order valence-electron chi connectivity index (χ0n) is 14.3. The van der Waals surface area contributed by atoms with Crippen molar-refractivity contribution < 1.29 is 9.18 Å². The summed E-state index contributed by atoms with van der Waals surface area (Å²) in [5, 5.41) is 10.2. The molecule has 1 aliphatic carbocycles. The lowest BCUT2D eigenvalue weighted by Crippen LogP contribution is -2.22. The van der Waals surface area contributed by atoms with E-state index in [1.165, 1.54) is 49.6 Å². The number of anilines is 1. The number of nitrogens with one attached hydrogen (secondary N) is 2. The van der Waals surface area contributed by atoms with E-state index in [-0.39, 0.29) is 17.0 Å².